The maximum absolute atomic E-state index is 5.90. The molecule has 0 saturated carbocycles. The van der Waals surface area contributed by atoms with Gasteiger partial charge in [-0.1, -0.05) is 51.1 Å². The van der Waals surface area contributed by atoms with Gasteiger partial charge in [0, 0.05) is 6.61 Å². The molecule has 0 saturated heterocycles. The molecule has 1 rings (SSSR count). The average Bonchev–Trinajstić information content (AvgIpc) is 2.38. The van der Waals surface area contributed by atoms with Gasteiger partial charge in [0.2, 0.25) is 0 Å². The smallest absolute Gasteiger partial charge is 0.0991 e. The fraction of sp³-hybridized carbons (Fsp3) is 0.625. The predicted octanol–water partition coefficient (Wildman–Crippen LogP) is 3.42. The molecular weight excluding hydrogens is 236 g/mol. The normalized spacial score (nSPS) is 15.2. The molecule has 0 aromatic heterocycles. The van der Waals surface area contributed by atoms with Crippen LogP contribution in [0.2, 0.25) is 0 Å². The van der Waals surface area contributed by atoms with Crippen LogP contribution in [0.15, 0.2) is 30.3 Å². The molecule has 0 aliphatic heterocycles. The highest BCUT2D eigenvalue weighted by Gasteiger charge is 2.24. The molecule has 0 spiro atoms. The molecule has 0 aliphatic rings. The van der Waals surface area contributed by atoms with Gasteiger partial charge >= 0.3 is 0 Å². The average molecular weight is 264 g/mol. The lowest BCUT2D eigenvalue weighted by atomic mass is 9.86. The lowest BCUT2D eigenvalue weighted by Gasteiger charge is -2.29. The first-order valence-electron chi connectivity index (χ1n) is 7.10. The third-order valence-corrected chi connectivity index (χ3v) is 3.26. The van der Waals surface area contributed by atoms with Crippen molar-refractivity contribution in [2.75, 3.05) is 6.61 Å². The first-order chi connectivity index (χ1) is 8.98. The van der Waals surface area contributed by atoms with Gasteiger partial charge in [-0.05, 0) is 30.7 Å². The molecule has 0 fully saturated rings. The summed E-state index contributed by atoms with van der Waals surface area (Å²) < 4.78 is 5.90. The zero-order valence-corrected chi connectivity index (χ0v) is 12.6. The highest BCUT2D eigenvalue weighted by molar-refractivity contribution is 5.19. The highest BCUT2D eigenvalue weighted by atomic mass is 16.5. The van der Waals surface area contributed by atoms with Gasteiger partial charge in [-0.15, -0.1) is 0 Å². The van der Waals surface area contributed by atoms with Crippen LogP contribution in [-0.2, 0) is 4.74 Å². The SMILES string of the molecule is CCOC(c1ccccc1)C(CCC(C)(C)C)NN. The van der Waals surface area contributed by atoms with Crippen molar-refractivity contribution >= 4 is 0 Å². The third kappa shape index (κ3) is 5.72. The highest BCUT2D eigenvalue weighted by Crippen LogP contribution is 2.28. The molecule has 0 heterocycles. The molecular formula is C16H28N2O. The molecule has 0 aliphatic carbocycles. The number of hydrogen-bond acceptors (Lipinski definition) is 3. The molecule has 2 unspecified atom stereocenters. The van der Waals surface area contributed by atoms with E-state index >= 15 is 0 Å². The lowest BCUT2D eigenvalue weighted by Crippen LogP contribution is -2.41. The maximum atomic E-state index is 5.90. The molecule has 0 amide bonds. The van der Waals surface area contributed by atoms with E-state index in [0.717, 1.165) is 12.8 Å². The lowest BCUT2D eigenvalue weighted by molar-refractivity contribution is 0.0279. The number of hydrazine groups is 1. The van der Waals surface area contributed by atoms with Crippen molar-refractivity contribution in [1.29, 1.82) is 0 Å². The Bertz CT molecular complexity index is 346. The second kappa shape index (κ2) is 7.63. The summed E-state index contributed by atoms with van der Waals surface area (Å²) in [6.45, 7) is 9.46. The van der Waals surface area contributed by atoms with E-state index in [1.807, 2.05) is 25.1 Å². The van der Waals surface area contributed by atoms with Gasteiger partial charge in [0.15, 0.2) is 0 Å². The van der Waals surface area contributed by atoms with Gasteiger partial charge in [0.25, 0.3) is 0 Å². The summed E-state index contributed by atoms with van der Waals surface area (Å²) in [6, 6.07) is 10.4. The number of nitrogens with one attached hydrogen (secondary N) is 1. The van der Waals surface area contributed by atoms with E-state index in [2.05, 4.69) is 38.3 Å². The number of nitrogens with two attached hydrogens (primary N) is 1. The Morgan fingerprint density at radius 2 is 1.84 bits per heavy atom. The van der Waals surface area contributed by atoms with E-state index in [9.17, 15) is 0 Å². The standard InChI is InChI=1S/C16H28N2O/c1-5-19-15(13-9-7-6-8-10-13)14(18-17)11-12-16(2,3)4/h6-10,14-15,18H,5,11-12,17H2,1-4H3. The Morgan fingerprint density at radius 1 is 1.21 bits per heavy atom. The molecule has 108 valence electrons. The fourth-order valence-corrected chi connectivity index (χ4v) is 2.18. The predicted molar refractivity (Wildman–Crippen MR) is 80.6 cm³/mol. The van der Waals surface area contributed by atoms with Crippen LogP contribution in [0.25, 0.3) is 0 Å². The van der Waals surface area contributed by atoms with Crippen molar-refractivity contribution in [1.82, 2.24) is 5.43 Å². The Morgan fingerprint density at radius 3 is 2.32 bits per heavy atom. The summed E-state index contributed by atoms with van der Waals surface area (Å²) in [5, 5.41) is 0. The van der Waals surface area contributed by atoms with E-state index in [-0.39, 0.29) is 12.1 Å². The summed E-state index contributed by atoms with van der Waals surface area (Å²) in [5.41, 5.74) is 4.42. The summed E-state index contributed by atoms with van der Waals surface area (Å²) in [4.78, 5) is 0. The molecule has 1 aromatic carbocycles. The van der Waals surface area contributed by atoms with Gasteiger partial charge in [-0.25, -0.2) is 0 Å². The zero-order valence-electron chi connectivity index (χ0n) is 12.6. The van der Waals surface area contributed by atoms with Gasteiger partial charge < -0.3 is 4.74 Å². The van der Waals surface area contributed by atoms with E-state index < -0.39 is 0 Å². The fourth-order valence-electron chi connectivity index (χ4n) is 2.18. The van der Waals surface area contributed by atoms with Crippen LogP contribution < -0.4 is 11.3 Å². The first kappa shape index (κ1) is 16.2. The van der Waals surface area contributed by atoms with Gasteiger partial charge in [0.05, 0.1) is 12.1 Å². The zero-order chi connectivity index (χ0) is 14.3. The van der Waals surface area contributed by atoms with Crippen molar-refractivity contribution in [2.24, 2.45) is 11.3 Å². The molecule has 0 radical (unpaired) electrons. The van der Waals surface area contributed by atoms with Crippen molar-refractivity contribution in [3.8, 4) is 0 Å². The van der Waals surface area contributed by atoms with Crippen molar-refractivity contribution < 1.29 is 4.74 Å². The second-order valence-corrected chi connectivity index (χ2v) is 6.16. The molecule has 3 heteroatoms. The van der Waals surface area contributed by atoms with E-state index in [4.69, 9.17) is 10.6 Å². The van der Waals surface area contributed by atoms with Crippen molar-refractivity contribution in [3.05, 3.63) is 35.9 Å². The van der Waals surface area contributed by atoms with Crippen LogP contribution in [-0.4, -0.2) is 12.6 Å². The first-order valence-corrected chi connectivity index (χ1v) is 7.10. The van der Waals surface area contributed by atoms with E-state index in [0.29, 0.717) is 12.0 Å². The van der Waals surface area contributed by atoms with Crippen LogP contribution in [0.3, 0.4) is 0 Å². The van der Waals surface area contributed by atoms with Gasteiger partial charge in [0.1, 0.15) is 0 Å². The molecule has 1 aromatic rings. The minimum Gasteiger partial charge on any atom is -0.372 e. The van der Waals surface area contributed by atoms with E-state index in [1.165, 1.54) is 5.56 Å². The van der Waals surface area contributed by atoms with Crippen LogP contribution in [0, 0.1) is 5.41 Å². The number of ether oxygens (including phenoxy) is 1. The van der Waals surface area contributed by atoms with Crippen LogP contribution >= 0.6 is 0 Å². The Labute approximate surface area is 117 Å². The van der Waals surface area contributed by atoms with E-state index in [1.54, 1.807) is 0 Å². The van der Waals surface area contributed by atoms with Crippen LogP contribution in [0.1, 0.15) is 52.2 Å². The third-order valence-electron chi connectivity index (χ3n) is 3.26. The maximum Gasteiger partial charge on any atom is 0.0991 e. The summed E-state index contributed by atoms with van der Waals surface area (Å²) >= 11 is 0. The summed E-state index contributed by atoms with van der Waals surface area (Å²) in [7, 11) is 0. The Hall–Kier alpha value is -0.900. The van der Waals surface area contributed by atoms with Crippen LogP contribution in [0.5, 0.6) is 0 Å². The van der Waals surface area contributed by atoms with Gasteiger partial charge in [-0.3, -0.25) is 11.3 Å². The molecule has 3 nitrogen and oxygen atoms in total. The monoisotopic (exact) mass is 264 g/mol. The minimum atomic E-state index is 0.0125. The quantitative estimate of drug-likeness (QED) is 0.586. The number of rotatable bonds is 7. The Kier molecular flexibility index (Phi) is 6.49. The molecule has 0 bridgehead atoms. The molecule has 3 N–H and O–H groups in total. The number of hydrogen-bond donors (Lipinski definition) is 2. The van der Waals surface area contributed by atoms with Gasteiger partial charge in [-0.2, -0.15) is 0 Å². The largest absolute Gasteiger partial charge is 0.372 e. The van der Waals surface area contributed by atoms with Crippen molar-refractivity contribution in [3.63, 3.8) is 0 Å². The topological polar surface area (TPSA) is 47.3 Å². The summed E-state index contributed by atoms with van der Waals surface area (Å²) in [6.07, 6.45) is 2.12. The number of benzene rings is 1. The minimum absolute atomic E-state index is 0.0125. The molecule has 2 atom stereocenters. The Balaban J connectivity index is 2.77. The second-order valence-electron chi connectivity index (χ2n) is 6.16. The molecule has 19 heavy (non-hydrogen) atoms. The van der Waals surface area contributed by atoms with Crippen molar-refractivity contribution in [2.45, 2.75) is 52.7 Å². The van der Waals surface area contributed by atoms with Crippen LogP contribution in [0.4, 0.5) is 0 Å². The summed E-state index contributed by atoms with van der Waals surface area (Å²) in [5.74, 6) is 5.74.